The van der Waals surface area contributed by atoms with Gasteiger partial charge in [0.1, 0.15) is 40.0 Å². The number of nitrogen functional groups attached to an aromatic ring is 1. The van der Waals surface area contributed by atoms with Gasteiger partial charge in [0, 0.05) is 28.1 Å². The van der Waals surface area contributed by atoms with Crippen LogP contribution in [-0.2, 0) is 25.8 Å². The highest BCUT2D eigenvalue weighted by atomic mass is 32.2. The van der Waals surface area contributed by atoms with E-state index in [4.69, 9.17) is 10.6 Å². The number of hydrogen-bond donors (Lipinski definition) is 6. The molecule has 2 atom stereocenters. The third-order valence-corrected chi connectivity index (χ3v) is 10.2. The number of aliphatic carboxylic acids is 1. The molecule has 21 heteroatoms. The monoisotopic (exact) mass is 713 g/mol. The van der Waals surface area contributed by atoms with E-state index in [2.05, 4.69) is 30.8 Å². The molecule has 0 aliphatic carbocycles. The highest BCUT2D eigenvalue weighted by Gasteiger charge is 2.54. The fourth-order valence-electron chi connectivity index (χ4n) is 4.93. The van der Waals surface area contributed by atoms with Gasteiger partial charge in [-0.3, -0.25) is 14.5 Å². The summed E-state index contributed by atoms with van der Waals surface area (Å²) >= 11 is 3.60. The van der Waals surface area contributed by atoms with Gasteiger partial charge in [0.25, 0.3) is 11.8 Å². The zero-order valence-corrected chi connectivity index (χ0v) is 26.9. The number of carbonyl (C=O) groups excluding carboxylic acids is 2. The molecular weight excluding hydrogens is 691 g/mol. The summed E-state index contributed by atoms with van der Waals surface area (Å²) in [5.74, 6) is -5.39. The largest absolute Gasteiger partial charge is 0.504 e. The maximum atomic E-state index is 13.4. The number of nitrogens with two attached hydrogens (primary N) is 1. The second-order valence-electron chi connectivity index (χ2n) is 10.2. The summed E-state index contributed by atoms with van der Waals surface area (Å²) in [4.78, 5) is 65.6. The number of thiazole rings is 1. The van der Waals surface area contributed by atoms with Crippen molar-refractivity contribution in [1.29, 1.82) is 0 Å². The minimum atomic E-state index is -1.54. The number of rotatable bonds is 11. The molecule has 7 N–H and O–H groups in total. The predicted octanol–water partition coefficient (Wildman–Crippen LogP) is 1.03. The second kappa shape index (κ2) is 13.0. The fraction of sp³-hybridized carbons (Fsp3) is 0.222. The highest BCUT2D eigenvalue weighted by Crippen LogP contribution is 2.42. The number of nitrogens with one attached hydrogen (secondary N) is 1. The number of anilines is 1. The normalized spacial score (nSPS) is 17.6. The molecule has 1 aromatic carbocycles. The number of aromatic carboxylic acids is 1. The van der Waals surface area contributed by atoms with E-state index in [1.165, 1.54) is 45.7 Å². The maximum absolute atomic E-state index is 13.4. The molecule has 0 unspecified atom stereocenters. The Labute approximate surface area is 281 Å². The number of carboxylic acids is 2. The van der Waals surface area contributed by atoms with Crippen molar-refractivity contribution in [2.24, 2.45) is 5.16 Å². The molecule has 48 heavy (non-hydrogen) atoms. The van der Waals surface area contributed by atoms with E-state index in [1.54, 1.807) is 6.07 Å². The number of amides is 2. The molecule has 1 fully saturated rings. The first-order valence-electron chi connectivity index (χ1n) is 13.6. The third kappa shape index (κ3) is 6.04. The standard InChI is InChI=1S/C27H23N9O9S3/c1-10-4-16(36-15(30-10)5-29-34-36)46-7-12-8-47-24-19(23(40)35(24)20(12)26(43)44)32-22(39)18(13-9-48-27(28)31-13)33-45-6-11-2-3-14(37)21(38)17(11)25(41)42/h2-5,9,19,24,37-38H,6-8H2,1H3,(H2,28,31)(H,32,39)(H,41,42)(H,43,44)/b33-18-/t19-,24-/m1/s1. The quantitative estimate of drug-likeness (QED) is 0.0316. The molecule has 2 aliphatic heterocycles. The third-order valence-electron chi connectivity index (χ3n) is 7.11. The zero-order valence-electron chi connectivity index (χ0n) is 24.4. The number of aromatic hydroxyl groups is 2. The van der Waals surface area contributed by atoms with Crippen LogP contribution in [0.4, 0.5) is 5.13 Å². The molecule has 0 bridgehead atoms. The summed E-state index contributed by atoms with van der Waals surface area (Å²) < 4.78 is 1.54. The van der Waals surface area contributed by atoms with Gasteiger partial charge in [-0.15, -0.1) is 40.0 Å². The van der Waals surface area contributed by atoms with E-state index in [9.17, 15) is 39.6 Å². The van der Waals surface area contributed by atoms with Gasteiger partial charge in [-0.1, -0.05) is 16.4 Å². The van der Waals surface area contributed by atoms with Crippen LogP contribution in [-0.4, -0.2) is 103 Å². The van der Waals surface area contributed by atoms with Gasteiger partial charge in [0.05, 0.1) is 6.20 Å². The number of phenolic OH excluding ortho intramolecular Hbond substituents is 1. The second-order valence-corrected chi connectivity index (χ2v) is 13.2. The van der Waals surface area contributed by atoms with Gasteiger partial charge in [0.2, 0.25) is 0 Å². The van der Waals surface area contributed by atoms with Gasteiger partial charge >= 0.3 is 11.9 Å². The first kappa shape index (κ1) is 32.5. The number of aromatic nitrogens is 5. The average Bonchev–Trinajstić information content (AvgIpc) is 3.70. The molecule has 248 valence electrons. The Balaban J connectivity index is 1.19. The Morgan fingerprint density at radius 2 is 2.00 bits per heavy atom. The fourth-order valence-corrected chi connectivity index (χ4v) is 8.02. The first-order valence-corrected chi connectivity index (χ1v) is 16.6. The SMILES string of the molecule is Cc1cc(SCC2=C(C(=O)O)N3C(=O)[C@@H](NC(=O)/C(=N\OCc4ccc(O)c(O)c4C(=O)O)c4csc(N)n4)[C@H]3SC2)n2nncc2n1. The van der Waals surface area contributed by atoms with Crippen LogP contribution >= 0.6 is 34.9 Å². The molecule has 2 amide bonds. The van der Waals surface area contributed by atoms with Crippen LogP contribution in [0.2, 0.25) is 0 Å². The summed E-state index contributed by atoms with van der Waals surface area (Å²) in [6.07, 6.45) is 1.51. The van der Waals surface area contributed by atoms with E-state index < -0.39 is 64.5 Å². The number of oxime groups is 1. The summed E-state index contributed by atoms with van der Waals surface area (Å²) in [5.41, 5.74) is 6.27. The van der Waals surface area contributed by atoms with Crippen LogP contribution in [0.25, 0.3) is 5.65 Å². The number of nitrogens with zero attached hydrogens (tertiary/aromatic N) is 7. The number of benzene rings is 1. The Kier molecular flexibility index (Phi) is 8.81. The Morgan fingerprint density at radius 3 is 2.71 bits per heavy atom. The molecule has 0 saturated carbocycles. The number of phenols is 2. The predicted molar refractivity (Wildman–Crippen MR) is 171 cm³/mol. The van der Waals surface area contributed by atoms with Gasteiger partial charge in [-0.05, 0) is 24.6 Å². The molecule has 1 saturated heterocycles. The number of thioether (sulfide) groups is 2. The number of fused-ring (bicyclic) bond motifs is 2. The van der Waals surface area contributed by atoms with Gasteiger partial charge in [-0.25, -0.2) is 19.6 Å². The summed E-state index contributed by atoms with van der Waals surface area (Å²) in [5, 5.41) is 55.0. The van der Waals surface area contributed by atoms with Crippen LogP contribution in [0.15, 0.2) is 51.2 Å². The number of β-lactam (4-membered cyclic amide) rings is 1. The van der Waals surface area contributed by atoms with E-state index >= 15 is 0 Å². The molecule has 0 spiro atoms. The lowest BCUT2D eigenvalue weighted by molar-refractivity contribution is -0.150. The van der Waals surface area contributed by atoms with E-state index in [1.807, 2.05) is 6.92 Å². The number of carboxylic acid groups (broad SMARTS) is 2. The lowest BCUT2D eigenvalue weighted by Crippen LogP contribution is -2.71. The summed E-state index contributed by atoms with van der Waals surface area (Å²) in [7, 11) is 0. The van der Waals surface area contributed by atoms with Crippen molar-refractivity contribution in [2.45, 2.75) is 30.0 Å². The van der Waals surface area contributed by atoms with E-state index in [0.29, 0.717) is 16.2 Å². The lowest BCUT2D eigenvalue weighted by Gasteiger charge is -2.49. The van der Waals surface area contributed by atoms with Crippen molar-refractivity contribution in [3.63, 3.8) is 0 Å². The minimum absolute atomic E-state index is 0.000192. The van der Waals surface area contributed by atoms with Crippen molar-refractivity contribution in [1.82, 2.24) is 35.0 Å². The summed E-state index contributed by atoms with van der Waals surface area (Å²) in [6, 6.07) is 2.95. The van der Waals surface area contributed by atoms with Crippen molar-refractivity contribution in [2.75, 3.05) is 17.2 Å². The number of carbonyl (C=O) groups is 4. The van der Waals surface area contributed by atoms with Crippen LogP contribution < -0.4 is 11.1 Å². The molecule has 18 nitrogen and oxygen atoms in total. The maximum Gasteiger partial charge on any atom is 0.352 e. The Hall–Kier alpha value is -5.41. The molecule has 0 radical (unpaired) electrons. The van der Waals surface area contributed by atoms with Crippen molar-refractivity contribution < 1.29 is 44.4 Å². The van der Waals surface area contributed by atoms with Crippen molar-refractivity contribution in [3.05, 3.63) is 63.6 Å². The van der Waals surface area contributed by atoms with Crippen LogP contribution in [0.3, 0.4) is 0 Å². The minimum Gasteiger partial charge on any atom is -0.504 e. The Bertz CT molecular complexity index is 2060. The number of hydrogen-bond acceptors (Lipinski definition) is 16. The van der Waals surface area contributed by atoms with Gasteiger partial charge in [-0.2, -0.15) is 4.52 Å². The molecule has 6 rings (SSSR count). The molecule has 4 aromatic rings. The average molecular weight is 714 g/mol. The summed E-state index contributed by atoms with van der Waals surface area (Å²) in [6.45, 7) is 1.28. The van der Waals surface area contributed by atoms with Crippen LogP contribution in [0, 0.1) is 6.92 Å². The van der Waals surface area contributed by atoms with Crippen molar-refractivity contribution in [3.8, 4) is 11.5 Å². The highest BCUT2D eigenvalue weighted by molar-refractivity contribution is 8.01. The van der Waals surface area contributed by atoms with Crippen LogP contribution in [0.5, 0.6) is 11.5 Å². The molecule has 5 heterocycles. The topological polar surface area (TPSA) is 268 Å². The van der Waals surface area contributed by atoms with Crippen molar-refractivity contribution >= 4 is 75.1 Å². The Morgan fingerprint density at radius 1 is 1.21 bits per heavy atom. The first-order chi connectivity index (χ1) is 22.9. The smallest absolute Gasteiger partial charge is 0.352 e. The van der Waals surface area contributed by atoms with Gasteiger partial charge < -0.3 is 36.3 Å². The lowest BCUT2D eigenvalue weighted by atomic mass is 10.0. The van der Waals surface area contributed by atoms with Gasteiger partial charge in [0.15, 0.2) is 28.0 Å². The van der Waals surface area contributed by atoms with E-state index in [0.717, 1.165) is 28.0 Å². The number of aryl methyl sites for hydroxylation is 1. The molecule has 3 aromatic heterocycles. The van der Waals surface area contributed by atoms with Crippen LogP contribution in [0.1, 0.15) is 27.3 Å². The van der Waals surface area contributed by atoms with E-state index in [-0.39, 0.29) is 33.6 Å². The zero-order chi connectivity index (χ0) is 34.3. The molecule has 2 aliphatic rings. The molecular formula is C27H23N9O9S3.